The number of benzene rings is 1. The number of halogens is 6. The first-order valence-corrected chi connectivity index (χ1v) is 8.54. The highest BCUT2D eigenvalue weighted by Gasteiger charge is 2.48. The minimum atomic E-state index is -1.93. The van der Waals surface area contributed by atoms with Crippen LogP contribution in [0.1, 0.15) is 24.2 Å². The zero-order chi connectivity index (χ0) is 17.6. The summed E-state index contributed by atoms with van der Waals surface area (Å²) in [5, 5.41) is 2.64. The number of amides is 1. The molecule has 2 rings (SSSR count). The van der Waals surface area contributed by atoms with Crippen LogP contribution in [0.3, 0.4) is 0 Å². The molecule has 0 fully saturated rings. The van der Waals surface area contributed by atoms with E-state index in [1.165, 1.54) is 6.92 Å². The number of hydrogen-bond acceptors (Lipinski definition) is 3. The first-order valence-electron chi connectivity index (χ1n) is 6.27. The first-order chi connectivity index (χ1) is 10.4. The van der Waals surface area contributed by atoms with Crippen LogP contribution in [-0.4, -0.2) is 19.8 Å². The van der Waals surface area contributed by atoms with Crippen molar-refractivity contribution in [2.75, 3.05) is 5.32 Å². The second-order valence-electron chi connectivity index (χ2n) is 4.96. The van der Waals surface area contributed by atoms with Crippen LogP contribution in [0.25, 0.3) is 0 Å². The summed E-state index contributed by atoms with van der Waals surface area (Å²) in [6, 6.07) is 3.40. The summed E-state index contributed by atoms with van der Waals surface area (Å²) in [7, 11) is 0. The van der Waals surface area contributed by atoms with Crippen molar-refractivity contribution in [2.24, 2.45) is 0 Å². The fraction of sp³-hybridized carbons (Fsp3) is 0.462. The molecule has 0 spiro atoms. The minimum absolute atomic E-state index is 0.227. The molecule has 0 bridgehead atoms. The molecule has 0 radical (unpaired) electrons. The Morgan fingerprint density at radius 3 is 2.22 bits per heavy atom. The zero-order valence-corrected chi connectivity index (χ0v) is 16.3. The lowest BCUT2D eigenvalue weighted by molar-refractivity contribution is -0.136. The average Bonchev–Trinajstić information content (AvgIpc) is 2.34. The Morgan fingerprint density at radius 2 is 1.74 bits per heavy atom. The molecule has 10 heteroatoms. The second-order valence-corrected chi connectivity index (χ2v) is 9.70. The van der Waals surface area contributed by atoms with Crippen molar-refractivity contribution in [1.82, 2.24) is 0 Å². The van der Waals surface area contributed by atoms with Gasteiger partial charge in [-0.25, -0.2) is 0 Å². The highest BCUT2D eigenvalue weighted by atomic mass is 35.6. The predicted molar refractivity (Wildman–Crippen MR) is 94.3 cm³/mol. The first kappa shape index (κ1) is 19.5. The summed E-state index contributed by atoms with van der Waals surface area (Å²) in [6.07, 6.45) is -2.37. The van der Waals surface area contributed by atoms with Gasteiger partial charge in [0.05, 0.1) is 5.69 Å². The van der Waals surface area contributed by atoms with Crippen molar-refractivity contribution < 1.29 is 14.3 Å². The number of nitrogens with one attached hydrogen (secondary N) is 1. The second kappa shape index (κ2) is 6.83. The van der Waals surface area contributed by atoms with Gasteiger partial charge in [-0.3, -0.25) is 4.79 Å². The SMILES string of the molecule is CC(=O)Nc1cc(C)cc2c1OC(C(Cl)(Cl)Cl)OC2C(Cl)(Cl)Cl. The lowest BCUT2D eigenvalue weighted by Gasteiger charge is -2.39. The molecule has 0 aromatic heterocycles. The van der Waals surface area contributed by atoms with Crippen molar-refractivity contribution in [1.29, 1.82) is 0 Å². The molecule has 23 heavy (non-hydrogen) atoms. The van der Waals surface area contributed by atoms with Crippen molar-refractivity contribution in [3.05, 3.63) is 23.3 Å². The minimum Gasteiger partial charge on any atom is -0.458 e. The van der Waals surface area contributed by atoms with Gasteiger partial charge < -0.3 is 14.8 Å². The van der Waals surface area contributed by atoms with Crippen molar-refractivity contribution >= 4 is 81.2 Å². The van der Waals surface area contributed by atoms with Gasteiger partial charge in [0.2, 0.25) is 16.0 Å². The van der Waals surface area contributed by atoms with Gasteiger partial charge in [0, 0.05) is 12.5 Å². The molecule has 0 saturated heterocycles. The zero-order valence-electron chi connectivity index (χ0n) is 11.8. The van der Waals surface area contributed by atoms with E-state index in [2.05, 4.69) is 5.32 Å². The fourth-order valence-corrected chi connectivity index (χ4v) is 2.93. The Bertz CT molecular complexity index is 625. The van der Waals surface area contributed by atoms with Gasteiger partial charge in [-0.2, -0.15) is 0 Å². The van der Waals surface area contributed by atoms with Gasteiger partial charge in [0.1, 0.15) is 6.10 Å². The normalized spacial score (nSPS) is 21.4. The van der Waals surface area contributed by atoms with Gasteiger partial charge in [-0.15, -0.1) is 0 Å². The van der Waals surface area contributed by atoms with E-state index in [1.807, 2.05) is 6.92 Å². The van der Waals surface area contributed by atoms with E-state index >= 15 is 0 Å². The highest BCUT2D eigenvalue weighted by molar-refractivity contribution is 6.68. The molecular weight excluding hydrogens is 431 g/mol. The molecule has 1 aliphatic rings. The molecule has 1 heterocycles. The van der Waals surface area contributed by atoms with E-state index in [9.17, 15) is 4.79 Å². The quantitative estimate of drug-likeness (QED) is 0.588. The Hall–Kier alpha value is 0.190. The lowest BCUT2D eigenvalue weighted by atomic mass is 10.0. The molecule has 1 amide bonds. The topological polar surface area (TPSA) is 47.6 Å². The predicted octanol–water partition coefficient (Wildman–Crippen LogP) is 5.47. The number of carbonyl (C=O) groups is 1. The summed E-state index contributed by atoms with van der Waals surface area (Å²) >= 11 is 35.5. The maximum Gasteiger partial charge on any atom is 0.252 e. The maximum atomic E-state index is 11.4. The molecule has 128 valence electrons. The van der Waals surface area contributed by atoms with Gasteiger partial charge in [0.15, 0.2) is 5.75 Å². The number of fused-ring (bicyclic) bond motifs is 1. The van der Waals surface area contributed by atoms with E-state index in [1.54, 1.807) is 12.1 Å². The number of carbonyl (C=O) groups excluding carboxylic acids is 1. The lowest BCUT2D eigenvalue weighted by Crippen LogP contribution is -2.42. The van der Waals surface area contributed by atoms with Gasteiger partial charge >= 0.3 is 0 Å². The van der Waals surface area contributed by atoms with Crippen LogP contribution in [0.15, 0.2) is 12.1 Å². The Labute approximate surface area is 163 Å². The molecule has 1 aromatic carbocycles. The van der Waals surface area contributed by atoms with E-state index in [0.29, 0.717) is 11.3 Å². The summed E-state index contributed by atoms with van der Waals surface area (Å²) in [5.74, 6) is -0.0755. The van der Waals surface area contributed by atoms with E-state index < -0.39 is 20.0 Å². The smallest absolute Gasteiger partial charge is 0.252 e. The summed E-state index contributed by atoms with van der Waals surface area (Å²) in [5.41, 5.74) is 1.60. The molecular formula is C13H11Cl6NO3. The molecule has 1 aliphatic heterocycles. The van der Waals surface area contributed by atoms with Crippen molar-refractivity contribution in [2.45, 2.75) is 33.8 Å². The monoisotopic (exact) mass is 439 g/mol. The van der Waals surface area contributed by atoms with Crippen LogP contribution in [0.5, 0.6) is 5.75 Å². The molecule has 2 atom stereocenters. The van der Waals surface area contributed by atoms with Crippen LogP contribution in [-0.2, 0) is 9.53 Å². The number of rotatable bonds is 1. The third-order valence-corrected chi connectivity index (χ3v) is 4.03. The average molecular weight is 442 g/mol. The Kier molecular flexibility index (Phi) is 5.80. The summed E-state index contributed by atoms with van der Waals surface area (Å²) < 4.78 is 7.36. The van der Waals surface area contributed by atoms with Crippen LogP contribution >= 0.6 is 69.6 Å². The molecule has 2 unspecified atom stereocenters. The van der Waals surface area contributed by atoms with Crippen LogP contribution < -0.4 is 10.1 Å². The van der Waals surface area contributed by atoms with Gasteiger partial charge in [-0.1, -0.05) is 69.6 Å². The number of aryl methyl sites for hydroxylation is 1. The van der Waals surface area contributed by atoms with Crippen LogP contribution in [0.2, 0.25) is 0 Å². The summed E-state index contributed by atoms with van der Waals surface area (Å²) in [6.45, 7) is 3.16. The van der Waals surface area contributed by atoms with Crippen LogP contribution in [0.4, 0.5) is 5.69 Å². The van der Waals surface area contributed by atoms with Gasteiger partial charge in [-0.05, 0) is 24.6 Å². The Morgan fingerprint density at radius 1 is 1.13 bits per heavy atom. The standard InChI is InChI=1S/C13H11Cl6NO3/c1-5-3-7-9(8(4-5)20-6(2)21)22-11(13(17,18)19)23-10(7)12(14,15)16/h3-4,10-11H,1-2H3,(H,20,21). The fourth-order valence-electron chi connectivity index (χ4n) is 2.14. The maximum absolute atomic E-state index is 11.4. The number of anilines is 1. The van der Waals surface area contributed by atoms with E-state index in [0.717, 1.165) is 5.56 Å². The third-order valence-electron chi connectivity index (χ3n) is 2.90. The third kappa shape index (κ3) is 4.63. The molecule has 0 saturated carbocycles. The number of alkyl halides is 6. The van der Waals surface area contributed by atoms with Crippen molar-refractivity contribution in [3.63, 3.8) is 0 Å². The van der Waals surface area contributed by atoms with Gasteiger partial charge in [0.25, 0.3) is 3.79 Å². The summed E-state index contributed by atoms with van der Waals surface area (Å²) in [4.78, 5) is 11.4. The Balaban J connectivity index is 2.61. The van der Waals surface area contributed by atoms with E-state index in [-0.39, 0.29) is 11.7 Å². The molecule has 4 nitrogen and oxygen atoms in total. The van der Waals surface area contributed by atoms with Crippen LogP contribution in [0, 0.1) is 6.92 Å². The molecule has 0 aliphatic carbocycles. The largest absolute Gasteiger partial charge is 0.458 e. The van der Waals surface area contributed by atoms with Crippen molar-refractivity contribution in [3.8, 4) is 5.75 Å². The molecule has 1 aromatic rings. The highest BCUT2D eigenvalue weighted by Crippen LogP contribution is 2.53. The van der Waals surface area contributed by atoms with E-state index in [4.69, 9.17) is 79.1 Å². The number of hydrogen-bond donors (Lipinski definition) is 1. The molecule has 1 N–H and O–H groups in total. The number of ether oxygens (including phenoxy) is 2.